The number of benzene rings is 8. The van der Waals surface area contributed by atoms with Gasteiger partial charge in [-0.2, -0.15) is 0 Å². The third kappa shape index (κ3) is 14.4. The van der Waals surface area contributed by atoms with Crippen LogP contribution in [0.3, 0.4) is 0 Å². The van der Waals surface area contributed by atoms with Crippen LogP contribution in [-0.4, -0.2) is 39.3 Å². The number of fused-ring (bicyclic) bond motifs is 2. The maximum Gasteiger partial charge on any atom is 0.148 e. The monoisotopic (exact) mass is 1640 g/mol. The van der Waals surface area contributed by atoms with Crippen LogP contribution >= 0.6 is 0 Å². The quantitative estimate of drug-likeness (QED) is 0.147. The number of para-hydroxylation sites is 2. The van der Waals surface area contributed by atoms with Crippen LogP contribution < -0.4 is 0 Å². The first-order valence-corrected chi connectivity index (χ1v) is 33.3. The van der Waals surface area contributed by atoms with Crippen molar-refractivity contribution in [3.05, 3.63) is 202 Å². The van der Waals surface area contributed by atoms with Gasteiger partial charge in [-0.1, -0.05) is 243 Å². The zero-order chi connectivity index (χ0) is 70.3. The molecule has 3 heterocycles. The van der Waals surface area contributed by atoms with Gasteiger partial charge in [0.25, 0.3) is 0 Å². The Hall–Kier alpha value is -7.24. The molecule has 0 saturated heterocycles. The number of phenols is 2. The van der Waals surface area contributed by atoms with E-state index in [4.69, 9.17) is 19.9 Å². The predicted octanol–water partition coefficient (Wildman–Crippen LogP) is 22.5. The fourth-order valence-electron chi connectivity index (χ4n) is 12.4. The molecule has 2 N–H and O–H groups in total. The number of phenolic OH excluding ortho intramolecular Hbond substituents is 2. The molecule has 11 aromatic rings. The minimum absolute atomic E-state index is 0. The Morgan fingerprint density at radius 2 is 0.646 bits per heavy atom. The van der Waals surface area contributed by atoms with Crippen molar-refractivity contribution in [1.82, 2.24) is 29.1 Å². The van der Waals surface area contributed by atoms with Crippen LogP contribution in [0.25, 0.3) is 101 Å². The van der Waals surface area contributed by atoms with E-state index in [0.717, 1.165) is 55.8 Å². The summed E-state index contributed by atoms with van der Waals surface area (Å²) in [6, 6.07) is 51.5. The van der Waals surface area contributed by atoms with E-state index in [9.17, 15) is 13.0 Å². The molecule has 8 nitrogen and oxygen atoms in total. The zero-order valence-electron chi connectivity index (χ0n) is 62.9. The van der Waals surface area contributed by atoms with Gasteiger partial charge in [-0.05, 0) is 125 Å². The van der Waals surface area contributed by atoms with Gasteiger partial charge >= 0.3 is 0 Å². The zero-order valence-corrected chi connectivity index (χ0v) is 65.5. The van der Waals surface area contributed by atoms with Crippen molar-refractivity contribution in [3.63, 3.8) is 0 Å². The fraction of sp³-hybridized carbons (Fsp3) is 0.372. The molecule has 0 saturated carbocycles. The van der Waals surface area contributed by atoms with E-state index in [1.807, 2.05) is 42.5 Å². The van der Waals surface area contributed by atoms with Crippen LogP contribution in [0.15, 0.2) is 146 Å². The van der Waals surface area contributed by atoms with Gasteiger partial charge in [-0.15, -0.1) is 59.6 Å². The summed E-state index contributed by atoms with van der Waals surface area (Å²) in [5, 5.41) is 25.3. The average Bonchev–Trinajstić information content (AvgIpc) is 1.55. The number of hydrogen-bond donors (Lipinski definition) is 2. The maximum absolute atomic E-state index is 12.6. The smallest absolute Gasteiger partial charge is 0.148 e. The summed E-state index contributed by atoms with van der Waals surface area (Å²) >= 11 is 0. The first kappa shape index (κ1) is 70.1. The molecule has 0 atom stereocenters. The number of aromatic hydroxyl groups is 2. The van der Waals surface area contributed by atoms with Crippen molar-refractivity contribution in [1.29, 1.82) is 0 Å². The Kier molecular flexibility index (Phi) is 18.7. The first-order chi connectivity index (χ1) is 44.2. The van der Waals surface area contributed by atoms with Gasteiger partial charge in [0.1, 0.15) is 23.1 Å². The minimum atomic E-state index is -0.385. The predicted molar refractivity (Wildman–Crippen MR) is 395 cm³/mol. The summed E-state index contributed by atoms with van der Waals surface area (Å²) < 4.78 is 23.2. The summed E-state index contributed by atoms with van der Waals surface area (Å²) in [6.45, 7) is 53.0. The SMILES string of the molecule is [2H]c1cc(-c2cc(-c3[c-]c(-c4cccc5c4nc(-c4cc(C(C)(C)C)cc(C(C)(C)C)c4O)n5-c4cc(C(C)(C)C)cc(C(C)(C)C)c4)cc([2H])c3)ncn2)[c-]c(-c2cccc3c2nc(-c2cc(C(C)(C)C)cc(C(C)(C)C)c2O)n3-c2cc(C(C)(C)C)cc(C(C)(C)C)c2)c1.[Pt].[Pt]. The molecule has 506 valence electrons. The van der Waals surface area contributed by atoms with E-state index in [0.29, 0.717) is 67.5 Å². The van der Waals surface area contributed by atoms with Crippen LogP contribution in [0.4, 0.5) is 0 Å². The molecule has 0 aliphatic rings. The number of hydrogen-bond acceptors (Lipinski definition) is 6. The molecule has 0 radical (unpaired) electrons. The van der Waals surface area contributed by atoms with Crippen molar-refractivity contribution in [2.45, 2.75) is 209 Å². The van der Waals surface area contributed by atoms with Gasteiger partial charge in [0.15, 0.2) is 0 Å². The maximum atomic E-state index is 12.6. The Labute approximate surface area is 604 Å². The van der Waals surface area contributed by atoms with Crippen molar-refractivity contribution >= 4 is 22.1 Å². The summed E-state index contributed by atoms with van der Waals surface area (Å²) in [5.41, 5.74) is 18.0. The van der Waals surface area contributed by atoms with Crippen LogP contribution in [0.1, 0.15) is 213 Å². The largest absolute Gasteiger partial charge is 0.507 e. The summed E-state index contributed by atoms with van der Waals surface area (Å²) in [6.07, 6.45) is 1.52. The molecular formula is C86H98N6O2Pt2-2. The van der Waals surface area contributed by atoms with Crippen LogP contribution in [0, 0.1) is 12.1 Å². The molecule has 11 rings (SSSR count). The molecule has 0 aliphatic carbocycles. The Bertz CT molecular complexity index is 4530. The van der Waals surface area contributed by atoms with Crippen LogP contribution in [0.2, 0.25) is 0 Å². The molecular weight excluding hydrogens is 1540 g/mol. The molecule has 96 heavy (non-hydrogen) atoms. The molecule has 8 aromatic carbocycles. The molecule has 0 spiro atoms. The Balaban J connectivity index is 0.00000562. The molecule has 0 fully saturated rings. The average molecular weight is 1640 g/mol. The molecule has 10 heteroatoms. The van der Waals surface area contributed by atoms with E-state index in [-0.39, 0.29) is 109 Å². The van der Waals surface area contributed by atoms with Gasteiger partial charge in [-0.25, -0.2) is 9.97 Å². The molecule has 0 amide bonds. The van der Waals surface area contributed by atoms with E-state index in [1.54, 1.807) is 12.1 Å². The third-order valence-electron chi connectivity index (χ3n) is 18.5. The summed E-state index contributed by atoms with van der Waals surface area (Å²) in [4.78, 5) is 20.9. The van der Waals surface area contributed by atoms with Crippen LogP contribution in [-0.2, 0) is 85.5 Å². The molecule has 3 aromatic heterocycles. The second kappa shape index (κ2) is 25.6. The topological polar surface area (TPSA) is 102 Å². The molecule has 0 aliphatic heterocycles. The van der Waals surface area contributed by atoms with Gasteiger partial charge in [0.05, 0.1) is 39.5 Å². The van der Waals surface area contributed by atoms with Gasteiger partial charge in [-0.3, -0.25) is 19.1 Å². The van der Waals surface area contributed by atoms with E-state index >= 15 is 0 Å². The van der Waals surface area contributed by atoms with Crippen molar-refractivity contribution in [2.24, 2.45) is 0 Å². The van der Waals surface area contributed by atoms with Gasteiger partial charge < -0.3 is 10.2 Å². The van der Waals surface area contributed by atoms with Gasteiger partial charge in [0, 0.05) is 78.8 Å². The normalized spacial score (nSPS) is 13.2. The van der Waals surface area contributed by atoms with Gasteiger partial charge in [0.2, 0.25) is 0 Å². The van der Waals surface area contributed by atoms with E-state index in [2.05, 4.69) is 260 Å². The summed E-state index contributed by atoms with van der Waals surface area (Å²) in [7, 11) is 0. The third-order valence-corrected chi connectivity index (χ3v) is 18.5. The Morgan fingerprint density at radius 3 is 0.948 bits per heavy atom. The first-order valence-electron chi connectivity index (χ1n) is 34.3. The number of rotatable bonds is 8. The molecule has 0 unspecified atom stereocenters. The second-order valence-electron chi connectivity index (χ2n) is 34.4. The number of nitrogens with zero attached hydrogens (tertiary/aromatic N) is 6. The second-order valence-corrected chi connectivity index (χ2v) is 34.4. The number of aromatic nitrogens is 6. The minimum Gasteiger partial charge on any atom is -0.507 e. The van der Waals surface area contributed by atoms with E-state index < -0.39 is 0 Å². The fourth-order valence-corrected chi connectivity index (χ4v) is 12.4. The van der Waals surface area contributed by atoms with Crippen molar-refractivity contribution < 1.29 is 55.1 Å². The Morgan fingerprint density at radius 1 is 0.344 bits per heavy atom. The van der Waals surface area contributed by atoms with Crippen LogP contribution in [0.5, 0.6) is 11.5 Å². The number of imidazole rings is 2. The molecule has 0 bridgehead atoms. The van der Waals surface area contributed by atoms with E-state index in [1.165, 1.54) is 28.6 Å². The van der Waals surface area contributed by atoms with Crippen molar-refractivity contribution in [2.75, 3.05) is 0 Å². The van der Waals surface area contributed by atoms with Crippen molar-refractivity contribution in [3.8, 4) is 90.4 Å². The standard InChI is InChI=1S/C86H98N6O2.2Pt/c1-79(2,3)55-39-56(80(4,5)6)42-61(41-55)91-71-35-27-33-63(73(71)89-77(91)65-45-59(83(13,14)15)47-67(75(65)93)85(19,20)21)51-29-25-31-53(37-51)69-49-70(88-50-87-69)54-32-26-30-52(38-54)64-34-28-36-72-74(64)90-78(66-46-60(84(16,17)18)48-68(76(66)94)86(22,23)24)92(72)62-43-57(81(7,8)9)40-58(44-62)82(10,11)12;;/h25-36,39-50,93-94H,1-24H3;;/q-2;;/i25D,26D;;. The summed E-state index contributed by atoms with van der Waals surface area (Å²) in [5.74, 6) is 1.61.